The Bertz CT molecular complexity index is 561. The van der Waals surface area contributed by atoms with E-state index in [1.54, 1.807) is 43.8 Å². The van der Waals surface area contributed by atoms with Gasteiger partial charge >= 0.3 is 0 Å². The Kier molecular flexibility index (Phi) is 3.88. The number of amides is 1. The summed E-state index contributed by atoms with van der Waals surface area (Å²) in [6.45, 7) is 0. The Morgan fingerprint density at radius 2 is 2.06 bits per heavy atom. The van der Waals surface area contributed by atoms with Crippen LogP contribution in [0.4, 0.5) is 5.95 Å². The van der Waals surface area contributed by atoms with E-state index in [1.165, 1.54) is 0 Å². The third kappa shape index (κ3) is 2.84. The van der Waals surface area contributed by atoms with Gasteiger partial charge in [-0.2, -0.15) is 0 Å². The molecular formula is C12H10BrN3O2. The fourth-order valence-electron chi connectivity index (χ4n) is 1.34. The summed E-state index contributed by atoms with van der Waals surface area (Å²) in [6.07, 6.45) is 3.12. The van der Waals surface area contributed by atoms with E-state index in [2.05, 4.69) is 31.2 Å². The van der Waals surface area contributed by atoms with Crippen molar-refractivity contribution < 1.29 is 9.53 Å². The SMILES string of the molecule is COc1ccc(C(=O)Nc2ncccn2)cc1Br. The van der Waals surface area contributed by atoms with Crippen LogP contribution in [0.1, 0.15) is 10.4 Å². The normalized spacial score (nSPS) is 9.89. The molecule has 0 saturated heterocycles. The van der Waals surface area contributed by atoms with Gasteiger partial charge in [0, 0.05) is 18.0 Å². The molecule has 6 heteroatoms. The molecule has 0 spiro atoms. The second-order valence-electron chi connectivity index (χ2n) is 3.38. The highest BCUT2D eigenvalue weighted by atomic mass is 79.9. The first-order valence-electron chi connectivity index (χ1n) is 5.12. The Morgan fingerprint density at radius 1 is 1.33 bits per heavy atom. The van der Waals surface area contributed by atoms with Gasteiger partial charge in [0.15, 0.2) is 0 Å². The molecule has 0 radical (unpaired) electrons. The molecule has 0 aliphatic heterocycles. The van der Waals surface area contributed by atoms with Crippen LogP contribution in [-0.4, -0.2) is 23.0 Å². The zero-order valence-corrected chi connectivity index (χ0v) is 11.1. The number of aromatic nitrogens is 2. The van der Waals surface area contributed by atoms with Gasteiger partial charge < -0.3 is 4.74 Å². The number of rotatable bonds is 3. The number of methoxy groups -OCH3 is 1. The minimum atomic E-state index is -0.274. The molecular weight excluding hydrogens is 298 g/mol. The zero-order chi connectivity index (χ0) is 13.0. The first-order valence-corrected chi connectivity index (χ1v) is 5.92. The van der Waals surface area contributed by atoms with Crippen molar-refractivity contribution in [3.8, 4) is 5.75 Å². The van der Waals surface area contributed by atoms with E-state index in [9.17, 15) is 4.79 Å². The molecule has 0 aliphatic rings. The van der Waals surface area contributed by atoms with Gasteiger partial charge in [-0.1, -0.05) is 0 Å². The van der Waals surface area contributed by atoms with Crippen LogP contribution < -0.4 is 10.1 Å². The van der Waals surface area contributed by atoms with Crippen LogP contribution in [-0.2, 0) is 0 Å². The van der Waals surface area contributed by atoms with E-state index in [-0.39, 0.29) is 11.9 Å². The molecule has 0 aliphatic carbocycles. The Morgan fingerprint density at radius 3 is 2.67 bits per heavy atom. The summed E-state index contributed by atoms with van der Waals surface area (Å²) in [7, 11) is 1.57. The molecule has 0 atom stereocenters. The molecule has 0 bridgehead atoms. The van der Waals surface area contributed by atoms with Crippen molar-refractivity contribution in [3.05, 3.63) is 46.7 Å². The number of halogens is 1. The second kappa shape index (κ2) is 5.59. The maximum atomic E-state index is 11.9. The number of hydrogen-bond donors (Lipinski definition) is 1. The molecule has 0 unspecified atom stereocenters. The Labute approximate surface area is 112 Å². The molecule has 1 amide bonds. The number of carbonyl (C=O) groups excluding carboxylic acids is 1. The van der Waals surface area contributed by atoms with Gasteiger partial charge in [-0.15, -0.1) is 0 Å². The number of nitrogens with zero attached hydrogens (tertiary/aromatic N) is 2. The highest BCUT2D eigenvalue weighted by molar-refractivity contribution is 9.10. The van der Waals surface area contributed by atoms with Crippen LogP contribution in [0.25, 0.3) is 0 Å². The lowest BCUT2D eigenvalue weighted by Gasteiger charge is -2.06. The summed E-state index contributed by atoms with van der Waals surface area (Å²) < 4.78 is 5.81. The van der Waals surface area contributed by atoms with Gasteiger partial charge in [-0.25, -0.2) is 9.97 Å². The van der Waals surface area contributed by atoms with E-state index >= 15 is 0 Å². The molecule has 0 saturated carbocycles. The predicted molar refractivity (Wildman–Crippen MR) is 70.7 cm³/mol. The van der Waals surface area contributed by atoms with Crippen molar-refractivity contribution in [2.75, 3.05) is 12.4 Å². The topological polar surface area (TPSA) is 64.1 Å². The molecule has 0 fully saturated rings. The van der Waals surface area contributed by atoms with Crippen LogP contribution >= 0.6 is 15.9 Å². The first kappa shape index (κ1) is 12.5. The fourth-order valence-corrected chi connectivity index (χ4v) is 1.89. The van der Waals surface area contributed by atoms with E-state index in [4.69, 9.17) is 4.74 Å². The number of carbonyl (C=O) groups is 1. The highest BCUT2D eigenvalue weighted by Gasteiger charge is 2.09. The summed E-state index contributed by atoms with van der Waals surface area (Å²) in [5, 5.41) is 2.60. The average Bonchev–Trinajstić information content (AvgIpc) is 2.39. The number of ether oxygens (including phenoxy) is 1. The van der Waals surface area contributed by atoms with Crippen LogP contribution in [0.5, 0.6) is 5.75 Å². The van der Waals surface area contributed by atoms with Crippen LogP contribution in [0.2, 0.25) is 0 Å². The summed E-state index contributed by atoms with van der Waals surface area (Å²) in [4.78, 5) is 19.8. The van der Waals surface area contributed by atoms with Crippen molar-refractivity contribution in [2.24, 2.45) is 0 Å². The molecule has 1 heterocycles. The summed E-state index contributed by atoms with van der Waals surface area (Å²) in [5.74, 6) is 0.668. The molecule has 5 nitrogen and oxygen atoms in total. The monoisotopic (exact) mass is 307 g/mol. The zero-order valence-electron chi connectivity index (χ0n) is 9.55. The smallest absolute Gasteiger partial charge is 0.258 e. The van der Waals surface area contributed by atoms with Gasteiger partial charge in [-0.3, -0.25) is 10.1 Å². The maximum Gasteiger partial charge on any atom is 0.258 e. The van der Waals surface area contributed by atoms with Crippen LogP contribution in [0, 0.1) is 0 Å². The number of nitrogens with one attached hydrogen (secondary N) is 1. The van der Waals surface area contributed by atoms with Crippen LogP contribution in [0.3, 0.4) is 0 Å². The molecule has 2 aromatic rings. The Balaban J connectivity index is 2.17. The maximum absolute atomic E-state index is 11.9. The largest absolute Gasteiger partial charge is 0.496 e. The van der Waals surface area contributed by atoms with Gasteiger partial charge in [0.05, 0.1) is 11.6 Å². The van der Waals surface area contributed by atoms with Gasteiger partial charge in [0.1, 0.15) is 5.75 Å². The first-order chi connectivity index (χ1) is 8.70. The molecule has 18 heavy (non-hydrogen) atoms. The minimum Gasteiger partial charge on any atom is -0.496 e. The van der Waals surface area contributed by atoms with Crippen molar-refractivity contribution in [1.82, 2.24) is 9.97 Å². The fraction of sp³-hybridized carbons (Fsp3) is 0.0833. The van der Waals surface area contributed by atoms with Crippen LogP contribution in [0.15, 0.2) is 41.1 Å². The minimum absolute atomic E-state index is 0.273. The average molecular weight is 308 g/mol. The van der Waals surface area contributed by atoms with Crippen molar-refractivity contribution in [3.63, 3.8) is 0 Å². The third-order valence-electron chi connectivity index (χ3n) is 2.21. The van der Waals surface area contributed by atoms with Gasteiger partial charge in [-0.05, 0) is 40.2 Å². The van der Waals surface area contributed by atoms with E-state index < -0.39 is 0 Å². The van der Waals surface area contributed by atoms with Gasteiger partial charge in [0.25, 0.3) is 5.91 Å². The molecule has 1 aromatic carbocycles. The summed E-state index contributed by atoms with van der Waals surface area (Å²) in [5.41, 5.74) is 0.495. The molecule has 1 aromatic heterocycles. The quantitative estimate of drug-likeness (QED) is 0.946. The summed E-state index contributed by atoms with van der Waals surface area (Å²) >= 11 is 3.32. The predicted octanol–water partition coefficient (Wildman–Crippen LogP) is 2.50. The highest BCUT2D eigenvalue weighted by Crippen LogP contribution is 2.25. The van der Waals surface area contributed by atoms with E-state index in [0.717, 1.165) is 0 Å². The number of hydrogen-bond acceptors (Lipinski definition) is 4. The molecule has 92 valence electrons. The lowest BCUT2D eigenvalue weighted by molar-refractivity contribution is 0.102. The van der Waals surface area contributed by atoms with Crippen molar-refractivity contribution in [1.29, 1.82) is 0 Å². The third-order valence-corrected chi connectivity index (χ3v) is 2.82. The number of benzene rings is 1. The van der Waals surface area contributed by atoms with Crippen molar-refractivity contribution >= 4 is 27.8 Å². The van der Waals surface area contributed by atoms with Gasteiger partial charge in [0.2, 0.25) is 5.95 Å². The summed E-state index contributed by atoms with van der Waals surface area (Å²) in [6, 6.07) is 6.74. The lowest BCUT2D eigenvalue weighted by Crippen LogP contribution is -2.13. The van der Waals surface area contributed by atoms with E-state index in [0.29, 0.717) is 15.8 Å². The standard InChI is InChI=1S/C12H10BrN3O2/c1-18-10-4-3-8(7-9(10)13)11(17)16-12-14-5-2-6-15-12/h2-7H,1H3,(H,14,15,16,17). The van der Waals surface area contributed by atoms with E-state index in [1.807, 2.05) is 0 Å². The van der Waals surface area contributed by atoms with Crippen molar-refractivity contribution in [2.45, 2.75) is 0 Å². The Hall–Kier alpha value is -1.95. The second-order valence-corrected chi connectivity index (χ2v) is 4.23. The lowest BCUT2D eigenvalue weighted by atomic mass is 10.2. The molecule has 1 N–H and O–H groups in total. The number of anilines is 1. The molecule has 2 rings (SSSR count).